The number of nitrogens with one attached hydrogen (secondary N) is 1. The number of hydrogen-bond acceptors (Lipinski definition) is 3. The van der Waals surface area contributed by atoms with Gasteiger partial charge in [0.05, 0.1) is 0 Å². The number of rotatable bonds is 9. The van der Waals surface area contributed by atoms with Gasteiger partial charge in [0.2, 0.25) is 0 Å². The molecule has 0 fully saturated rings. The number of carbonyl (C=O) groups is 2. The highest BCUT2D eigenvalue weighted by Gasteiger charge is 2.10. The average Bonchev–Trinajstić information content (AvgIpc) is 2.45. The minimum absolute atomic E-state index is 0.115. The first-order valence-corrected chi connectivity index (χ1v) is 7.49. The van der Waals surface area contributed by atoms with Crippen LogP contribution in [-0.4, -0.2) is 28.5 Å². The normalized spacial score (nSPS) is 10.6. The molecule has 0 saturated heterocycles. The first kappa shape index (κ1) is 17.1. The van der Waals surface area contributed by atoms with E-state index in [4.69, 9.17) is 5.11 Å². The number of unbranched alkanes of at least 4 members (excludes halogenated alkanes) is 3. The summed E-state index contributed by atoms with van der Waals surface area (Å²) in [7, 11) is 0. The van der Waals surface area contributed by atoms with E-state index in [1.807, 2.05) is 0 Å². The minimum atomic E-state index is -1.13. The van der Waals surface area contributed by atoms with E-state index >= 15 is 0 Å². The van der Waals surface area contributed by atoms with E-state index in [1.54, 1.807) is 0 Å². The molecule has 1 amide bonds. The lowest BCUT2D eigenvalue weighted by Crippen LogP contribution is -2.25. The van der Waals surface area contributed by atoms with Crippen LogP contribution in [0, 0.1) is 5.92 Å². The largest absolute Gasteiger partial charge is 0.477 e. The molecule has 1 rings (SSSR count). The maximum absolute atomic E-state index is 11.8. The Hall–Kier alpha value is -1.91. The fraction of sp³-hybridized carbons (Fsp3) is 0.562. The average molecular weight is 292 g/mol. The van der Waals surface area contributed by atoms with Gasteiger partial charge in [0.15, 0.2) is 0 Å². The van der Waals surface area contributed by atoms with Crippen molar-refractivity contribution in [3.8, 4) is 0 Å². The number of carboxylic acids is 1. The lowest BCUT2D eigenvalue weighted by molar-refractivity contribution is 0.0690. The van der Waals surface area contributed by atoms with E-state index in [-0.39, 0.29) is 17.3 Å². The lowest BCUT2D eigenvalue weighted by Gasteiger charge is -2.06. The summed E-state index contributed by atoms with van der Waals surface area (Å²) in [5, 5.41) is 11.6. The zero-order valence-electron chi connectivity index (χ0n) is 12.8. The standard InChI is InChI=1S/C16H24N2O3/c1-12(2)8-5-3-4-6-11-17-15(19)13-9-7-10-14(18-13)16(20)21/h7,9-10,12H,3-6,8,11H2,1-2H3,(H,17,19)(H,20,21). The molecule has 1 aromatic heterocycles. The zero-order chi connectivity index (χ0) is 15.7. The third kappa shape index (κ3) is 6.88. The topological polar surface area (TPSA) is 79.3 Å². The molecule has 0 saturated carbocycles. The van der Waals surface area contributed by atoms with Gasteiger partial charge in [0.25, 0.3) is 5.91 Å². The van der Waals surface area contributed by atoms with Crippen LogP contribution in [0.4, 0.5) is 0 Å². The van der Waals surface area contributed by atoms with E-state index in [2.05, 4.69) is 24.1 Å². The molecule has 2 N–H and O–H groups in total. The molecular formula is C16H24N2O3. The monoisotopic (exact) mass is 292 g/mol. The van der Waals surface area contributed by atoms with Crippen LogP contribution in [0.5, 0.6) is 0 Å². The smallest absolute Gasteiger partial charge is 0.354 e. The van der Waals surface area contributed by atoms with Crippen LogP contribution in [0.3, 0.4) is 0 Å². The summed E-state index contributed by atoms with van der Waals surface area (Å²) in [4.78, 5) is 26.4. The minimum Gasteiger partial charge on any atom is -0.477 e. The highest BCUT2D eigenvalue weighted by Crippen LogP contribution is 2.09. The molecule has 0 bridgehead atoms. The number of aromatic nitrogens is 1. The zero-order valence-corrected chi connectivity index (χ0v) is 12.8. The Morgan fingerprint density at radius 1 is 1.14 bits per heavy atom. The maximum Gasteiger partial charge on any atom is 0.354 e. The van der Waals surface area contributed by atoms with Gasteiger partial charge < -0.3 is 10.4 Å². The van der Waals surface area contributed by atoms with Gasteiger partial charge >= 0.3 is 5.97 Å². The van der Waals surface area contributed by atoms with Crippen molar-refractivity contribution in [2.45, 2.75) is 46.0 Å². The third-order valence-corrected chi connectivity index (χ3v) is 3.19. The van der Waals surface area contributed by atoms with Crippen molar-refractivity contribution >= 4 is 11.9 Å². The van der Waals surface area contributed by atoms with Crippen LogP contribution in [-0.2, 0) is 0 Å². The van der Waals surface area contributed by atoms with Gasteiger partial charge in [-0.1, -0.05) is 45.6 Å². The van der Waals surface area contributed by atoms with Gasteiger partial charge in [-0.25, -0.2) is 9.78 Å². The Bertz CT molecular complexity index is 472. The molecule has 116 valence electrons. The molecule has 0 spiro atoms. The van der Waals surface area contributed by atoms with Crippen molar-refractivity contribution in [3.63, 3.8) is 0 Å². The summed E-state index contributed by atoms with van der Waals surface area (Å²) < 4.78 is 0. The highest BCUT2D eigenvalue weighted by atomic mass is 16.4. The Kier molecular flexibility index (Phi) is 7.43. The summed E-state index contributed by atoms with van der Waals surface area (Å²) in [6.07, 6.45) is 5.69. The molecule has 1 heterocycles. The molecule has 0 radical (unpaired) electrons. The van der Waals surface area contributed by atoms with Crippen molar-refractivity contribution in [1.82, 2.24) is 10.3 Å². The number of carbonyl (C=O) groups excluding carboxylic acids is 1. The summed E-state index contributed by atoms with van der Waals surface area (Å²) in [5.41, 5.74) is 0.0334. The third-order valence-electron chi connectivity index (χ3n) is 3.19. The fourth-order valence-corrected chi connectivity index (χ4v) is 2.00. The summed E-state index contributed by atoms with van der Waals surface area (Å²) >= 11 is 0. The summed E-state index contributed by atoms with van der Waals surface area (Å²) in [6.45, 7) is 5.04. The number of aromatic carboxylic acids is 1. The Balaban J connectivity index is 2.25. The highest BCUT2D eigenvalue weighted by molar-refractivity contribution is 5.94. The van der Waals surface area contributed by atoms with Gasteiger partial charge in [-0.2, -0.15) is 0 Å². The lowest BCUT2D eigenvalue weighted by atomic mass is 10.0. The second-order valence-electron chi connectivity index (χ2n) is 5.57. The Labute approximate surface area is 125 Å². The van der Waals surface area contributed by atoms with Crippen molar-refractivity contribution < 1.29 is 14.7 Å². The van der Waals surface area contributed by atoms with E-state index in [0.29, 0.717) is 6.54 Å². The molecule has 0 aliphatic rings. The van der Waals surface area contributed by atoms with Gasteiger partial charge in [-0.15, -0.1) is 0 Å². The van der Waals surface area contributed by atoms with Gasteiger partial charge in [0.1, 0.15) is 11.4 Å². The van der Waals surface area contributed by atoms with Crippen molar-refractivity contribution in [2.75, 3.05) is 6.54 Å². The maximum atomic E-state index is 11.8. The number of carboxylic acid groups (broad SMARTS) is 1. The van der Waals surface area contributed by atoms with Crippen molar-refractivity contribution in [1.29, 1.82) is 0 Å². The van der Waals surface area contributed by atoms with Crippen LogP contribution < -0.4 is 5.32 Å². The molecule has 0 atom stereocenters. The van der Waals surface area contributed by atoms with Crippen molar-refractivity contribution in [2.24, 2.45) is 5.92 Å². The molecule has 0 aliphatic heterocycles. The quantitative estimate of drug-likeness (QED) is 0.685. The number of pyridine rings is 1. The number of hydrogen-bond donors (Lipinski definition) is 2. The van der Waals surface area contributed by atoms with E-state index in [1.165, 1.54) is 37.5 Å². The van der Waals surface area contributed by atoms with Crippen molar-refractivity contribution in [3.05, 3.63) is 29.6 Å². The SMILES string of the molecule is CC(C)CCCCCCNC(=O)c1cccc(C(=O)O)n1. The molecule has 5 nitrogen and oxygen atoms in total. The van der Waals surface area contributed by atoms with E-state index in [9.17, 15) is 9.59 Å². The van der Waals surface area contributed by atoms with Gasteiger partial charge in [-0.05, 0) is 24.5 Å². The molecule has 1 aromatic rings. The first-order valence-electron chi connectivity index (χ1n) is 7.49. The molecule has 0 aromatic carbocycles. The number of amides is 1. The number of nitrogens with zero attached hydrogens (tertiary/aromatic N) is 1. The second kappa shape index (κ2) is 9.10. The van der Waals surface area contributed by atoms with Crippen LogP contribution in [0.25, 0.3) is 0 Å². The molecule has 0 aliphatic carbocycles. The predicted octanol–water partition coefficient (Wildman–Crippen LogP) is 3.12. The molecule has 0 unspecified atom stereocenters. The second-order valence-corrected chi connectivity index (χ2v) is 5.57. The van der Waals surface area contributed by atoms with Gasteiger partial charge in [0, 0.05) is 6.54 Å². The molecule has 5 heteroatoms. The Morgan fingerprint density at radius 2 is 1.81 bits per heavy atom. The fourth-order valence-electron chi connectivity index (χ4n) is 2.00. The van der Waals surface area contributed by atoms with Crippen LogP contribution in [0.15, 0.2) is 18.2 Å². The van der Waals surface area contributed by atoms with E-state index < -0.39 is 5.97 Å². The molecule has 21 heavy (non-hydrogen) atoms. The molecular weight excluding hydrogens is 268 g/mol. The predicted molar refractivity (Wildman–Crippen MR) is 81.5 cm³/mol. The van der Waals surface area contributed by atoms with Crippen LogP contribution >= 0.6 is 0 Å². The van der Waals surface area contributed by atoms with Gasteiger partial charge in [-0.3, -0.25) is 4.79 Å². The van der Waals surface area contributed by atoms with Crippen LogP contribution in [0.1, 0.15) is 66.9 Å². The summed E-state index contributed by atoms with van der Waals surface area (Å²) in [5.74, 6) is -0.702. The summed E-state index contributed by atoms with van der Waals surface area (Å²) in [6, 6.07) is 4.41. The van der Waals surface area contributed by atoms with Crippen LogP contribution in [0.2, 0.25) is 0 Å². The first-order chi connectivity index (χ1) is 10.0. The van der Waals surface area contributed by atoms with E-state index in [0.717, 1.165) is 18.8 Å². The Morgan fingerprint density at radius 3 is 2.48 bits per heavy atom.